The second-order valence-electron chi connectivity index (χ2n) is 4.61. The van der Waals surface area contributed by atoms with E-state index in [2.05, 4.69) is 37.1 Å². The van der Waals surface area contributed by atoms with Gasteiger partial charge in [-0.1, -0.05) is 23.8 Å². The Kier molecular flexibility index (Phi) is 3.19. The molecule has 0 saturated heterocycles. The van der Waals surface area contributed by atoms with E-state index in [9.17, 15) is 4.79 Å². The van der Waals surface area contributed by atoms with Crippen LogP contribution in [-0.2, 0) is 4.79 Å². The van der Waals surface area contributed by atoms with Crippen LogP contribution in [-0.4, -0.2) is 15.7 Å². The molecule has 4 heteroatoms. The predicted octanol–water partition coefficient (Wildman–Crippen LogP) is 2.21. The van der Waals surface area contributed by atoms with E-state index < -0.39 is 6.04 Å². The molecule has 0 saturated carbocycles. The molecule has 1 atom stereocenters. The molecule has 0 aliphatic carbocycles. The van der Waals surface area contributed by atoms with E-state index in [0.717, 1.165) is 11.1 Å². The van der Waals surface area contributed by atoms with Crippen LogP contribution in [0.25, 0.3) is 11.1 Å². The third-order valence-electron chi connectivity index (χ3n) is 3.11. The lowest BCUT2D eigenvalue weighted by molar-refractivity contribution is -0.120. The minimum absolute atomic E-state index is 0.384. The summed E-state index contributed by atoms with van der Waals surface area (Å²) in [6.07, 6.45) is 3.62. The first-order valence-corrected chi connectivity index (χ1v) is 5.90. The van der Waals surface area contributed by atoms with Gasteiger partial charge in [-0.05, 0) is 31.9 Å². The van der Waals surface area contributed by atoms with Gasteiger partial charge < -0.3 is 5.73 Å². The van der Waals surface area contributed by atoms with Crippen molar-refractivity contribution >= 4 is 5.91 Å². The standard InChI is InChI=1S/C14H17N3O/c1-9-4-5-10(2)13(6-9)12-7-16-17(8-12)11(3)14(15)18/h4-8,11H,1-3H3,(H2,15,18)/t11-/m1/s1. The fourth-order valence-corrected chi connectivity index (χ4v) is 1.87. The zero-order valence-corrected chi connectivity index (χ0v) is 10.8. The van der Waals surface area contributed by atoms with Crippen molar-refractivity contribution in [1.29, 1.82) is 0 Å². The van der Waals surface area contributed by atoms with Crippen LogP contribution < -0.4 is 5.73 Å². The zero-order valence-electron chi connectivity index (χ0n) is 10.8. The predicted molar refractivity (Wildman–Crippen MR) is 71.0 cm³/mol. The van der Waals surface area contributed by atoms with Gasteiger partial charge in [-0.2, -0.15) is 5.10 Å². The lowest BCUT2D eigenvalue weighted by Gasteiger charge is -2.07. The Morgan fingerprint density at radius 1 is 1.39 bits per heavy atom. The Labute approximate surface area is 106 Å². The number of rotatable bonds is 3. The van der Waals surface area contributed by atoms with Crippen LogP contribution in [0.1, 0.15) is 24.1 Å². The van der Waals surface area contributed by atoms with Crippen molar-refractivity contribution in [1.82, 2.24) is 9.78 Å². The first kappa shape index (κ1) is 12.4. The molecule has 0 fully saturated rings. The minimum Gasteiger partial charge on any atom is -0.368 e. The van der Waals surface area contributed by atoms with Gasteiger partial charge in [-0.3, -0.25) is 9.48 Å². The van der Waals surface area contributed by atoms with Crippen LogP contribution in [0.3, 0.4) is 0 Å². The van der Waals surface area contributed by atoms with Gasteiger partial charge in [0.1, 0.15) is 6.04 Å². The van der Waals surface area contributed by atoms with Crippen molar-refractivity contribution < 1.29 is 4.79 Å². The van der Waals surface area contributed by atoms with Gasteiger partial charge in [0, 0.05) is 11.8 Å². The Morgan fingerprint density at radius 3 is 2.78 bits per heavy atom. The van der Waals surface area contributed by atoms with Gasteiger partial charge in [-0.25, -0.2) is 0 Å². The lowest BCUT2D eigenvalue weighted by atomic mass is 10.0. The van der Waals surface area contributed by atoms with E-state index in [1.807, 2.05) is 6.20 Å². The van der Waals surface area contributed by atoms with Crippen LogP contribution in [0.2, 0.25) is 0 Å². The summed E-state index contributed by atoms with van der Waals surface area (Å²) in [5.74, 6) is -0.384. The molecule has 0 bridgehead atoms. The van der Waals surface area contributed by atoms with Gasteiger partial charge in [0.15, 0.2) is 0 Å². The van der Waals surface area contributed by atoms with E-state index >= 15 is 0 Å². The SMILES string of the molecule is Cc1ccc(C)c(-c2cnn([C@H](C)C(N)=O)c2)c1. The number of nitrogens with two attached hydrogens (primary N) is 1. The summed E-state index contributed by atoms with van der Waals surface area (Å²) in [4.78, 5) is 11.1. The summed E-state index contributed by atoms with van der Waals surface area (Å²) in [6.45, 7) is 5.85. The molecule has 1 aromatic heterocycles. The number of primary amides is 1. The fraction of sp³-hybridized carbons (Fsp3) is 0.286. The number of hydrogen-bond acceptors (Lipinski definition) is 2. The third-order valence-corrected chi connectivity index (χ3v) is 3.11. The Bertz CT molecular complexity index is 586. The molecule has 0 aliphatic heterocycles. The molecule has 0 spiro atoms. The largest absolute Gasteiger partial charge is 0.368 e. The fourth-order valence-electron chi connectivity index (χ4n) is 1.87. The quantitative estimate of drug-likeness (QED) is 0.898. The molecule has 0 aliphatic rings. The number of benzene rings is 1. The van der Waals surface area contributed by atoms with Crippen molar-refractivity contribution in [2.24, 2.45) is 5.73 Å². The number of aromatic nitrogens is 2. The molecule has 0 unspecified atom stereocenters. The van der Waals surface area contributed by atoms with Crippen molar-refractivity contribution in [2.75, 3.05) is 0 Å². The van der Waals surface area contributed by atoms with Gasteiger partial charge in [0.05, 0.1) is 6.20 Å². The molecule has 1 amide bonds. The summed E-state index contributed by atoms with van der Waals surface area (Å²) in [7, 11) is 0. The minimum atomic E-state index is -0.427. The summed E-state index contributed by atoms with van der Waals surface area (Å²) in [5.41, 5.74) is 9.80. The van der Waals surface area contributed by atoms with Crippen LogP contribution in [0, 0.1) is 13.8 Å². The maximum atomic E-state index is 11.1. The summed E-state index contributed by atoms with van der Waals surface area (Å²) in [5, 5.41) is 4.20. The number of aryl methyl sites for hydroxylation is 2. The highest BCUT2D eigenvalue weighted by atomic mass is 16.1. The average molecular weight is 243 g/mol. The highest BCUT2D eigenvalue weighted by Gasteiger charge is 2.13. The molecule has 4 nitrogen and oxygen atoms in total. The Hall–Kier alpha value is -2.10. The van der Waals surface area contributed by atoms with Gasteiger partial charge in [-0.15, -0.1) is 0 Å². The highest BCUT2D eigenvalue weighted by Crippen LogP contribution is 2.24. The average Bonchev–Trinajstić information content (AvgIpc) is 2.80. The monoisotopic (exact) mass is 243 g/mol. The van der Waals surface area contributed by atoms with E-state index in [1.54, 1.807) is 17.8 Å². The molecule has 2 rings (SSSR count). The van der Waals surface area contributed by atoms with Crippen molar-refractivity contribution in [3.05, 3.63) is 41.7 Å². The normalized spacial score (nSPS) is 12.4. The summed E-state index contributed by atoms with van der Waals surface area (Å²) in [6, 6.07) is 5.85. The van der Waals surface area contributed by atoms with Gasteiger partial charge in [0.2, 0.25) is 5.91 Å². The number of nitrogens with zero attached hydrogens (tertiary/aromatic N) is 2. The maximum absolute atomic E-state index is 11.1. The van der Waals surface area contributed by atoms with Gasteiger partial charge in [0.25, 0.3) is 0 Å². The molecular formula is C14H17N3O. The van der Waals surface area contributed by atoms with Crippen molar-refractivity contribution in [2.45, 2.75) is 26.8 Å². The number of carbonyl (C=O) groups excluding carboxylic acids is 1. The first-order chi connectivity index (χ1) is 8.49. The van der Waals surface area contributed by atoms with Crippen LogP contribution in [0.15, 0.2) is 30.6 Å². The molecule has 1 heterocycles. The third kappa shape index (κ3) is 2.27. The molecule has 94 valence electrons. The molecule has 1 aromatic carbocycles. The van der Waals surface area contributed by atoms with E-state index in [-0.39, 0.29) is 5.91 Å². The topological polar surface area (TPSA) is 60.9 Å². The number of amides is 1. The highest BCUT2D eigenvalue weighted by molar-refractivity contribution is 5.78. The molecule has 2 aromatic rings. The van der Waals surface area contributed by atoms with Crippen LogP contribution in [0.5, 0.6) is 0 Å². The van der Waals surface area contributed by atoms with Crippen molar-refractivity contribution in [3.63, 3.8) is 0 Å². The molecule has 18 heavy (non-hydrogen) atoms. The smallest absolute Gasteiger partial charge is 0.241 e. The second-order valence-corrected chi connectivity index (χ2v) is 4.61. The number of carbonyl (C=O) groups is 1. The van der Waals surface area contributed by atoms with Crippen LogP contribution in [0.4, 0.5) is 0 Å². The van der Waals surface area contributed by atoms with Crippen molar-refractivity contribution in [3.8, 4) is 11.1 Å². The Balaban J connectivity index is 2.41. The van der Waals surface area contributed by atoms with Gasteiger partial charge >= 0.3 is 0 Å². The maximum Gasteiger partial charge on any atom is 0.241 e. The number of hydrogen-bond donors (Lipinski definition) is 1. The molecule has 0 radical (unpaired) electrons. The zero-order chi connectivity index (χ0) is 13.3. The molecular weight excluding hydrogens is 226 g/mol. The Morgan fingerprint density at radius 2 is 2.11 bits per heavy atom. The lowest BCUT2D eigenvalue weighted by Crippen LogP contribution is -2.24. The van der Waals surface area contributed by atoms with Crippen LogP contribution >= 0.6 is 0 Å². The second kappa shape index (κ2) is 4.64. The summed E-state index contributed by atoms with van der Waals surface area (Å²) >= 11 is 0. The van der Waals surface area contributed by atoms with E-state index in [4.69, 9.17) is 5.73 Å². The molecule has 2 N–H and O–H groups in total. The first-order valence-electron chi connectivity index (χ1n) is 5.90. The van der Waals surface area contributed by atoms with E-state index in [0.29, 0.717) is 0 Å². The van der Waals surface area contributed by atoms with E-state index in [1.165, 1.54) is 11.1 Å². The summed E-state index contributed by atoms with van der Waals surface area (Å²) < 4.78 is 1.60.